The van der Waals surface area contributed by atoms with Gasteiger partial charge in [-0.1, -0.05) is 42.5 Å². The molecule has 1 fully saturated rings. The highest BCUT2D eigenvalue weighted by Gasteiger charge is 2.25. The van der Waals surface area contributed by atoms with Crippen LogP contribution >= 0.6 is 0 Å². The minimum Gasteiger partial charge on any atom is -0.361 e. The van der Waals surface area contributed by atoms with Gasteiger partial charge in [0.1, 0.15) is 5.82 Å². The number of benzene rings is 2. The zero-order chi connectivity index (χ0) is 22.7. The first-order chi connectivity index (χ1) is 16.8. The molecule has 34 heavy (non-hydrogen) atoms. The van der Waals surface area contributed by atoms with E-state index in [1.54, 1.807) is 0 Å². The van der Waals surface area contributed by atoms with Crippen molar-refractivity contribution in [3.8, 4) is 11.3 Å². The van der Waals surface area contributed by atoms with Crippen LogP contribution in [0.4, 0.5) is 0 Å². The number of piperidine rings is 1. The van der Waals surface area contributed by atoms with Crippen LogP contribution in [0, 0.1) is 0 Å². The van der Waals surface area contributed by atoms with E-state index in [1.807, 2.05) is 18.6 Å². The molecule has 3 aromatic heterocycles. The molecule has 6 heteroatoms. The zero-order valence-electron chi connectivity index (χ0n) is 19.3. The van der Waals surface area contributed by atoms with E-state index in [-0.39, 0.29) is 0 Å². The maximum Gasteiger partial charge on any atom is 0.117 e. The molecule has 0 spiro atoms. The fraction of sp³-hybridized carbons (Fsp3) is 0.286. The summed E-state index contributed by atoms with van der Waals surface area (Å²) >= 11 is 0. The van der Waals surface area contributed by atoms with Crippen LogP contribution in [0.5, 0.6) is 0 Å². The molecule has 4 heterocycles. The van der Waals surface area contributed by atoms with Gasteiger partial charge in [-0.15, -0.1) is 0 Å². The molecule has 0 saturated carbocycles. The van der Waals surface area contributed by atoms with Crippen molar-refractivity contribution in [3.63, 3.8) is 0 Å². The van der Waals surface area contributed by atoms with Crippen molar-refractivity contribution in [2.75, 3.05) is 26.2 Å². The molecule has 0 aliphatic carbocycles. The Balaban J connectivity index is 1.13. The molecule has 0 bridgehead atoms. The number of fused-ring (bicyclic) bond motifs is 2. The van der Waals surface area contributed by atoms with Crippen molar-refractivity contribution in [1.29, 1.82) is 0 Å². The first-order valence-corrected chi connectivity index (χ1v) is 12.2. The lowest BCUT2D eigenvalue weighted by Gasteiger charge is -2.31. The summed E-state index contributed by atoms with van der Waals surface area (Å²) in [6, 6.07) is 19.2. The lowest BCUT2D eigenvalue weighted by molar-refractivity contribution is 0.209. The number of rotatable bonds is 7. The van der Waals surface area contributed by atoms with E-state index in [4.69, 9.17) is 4.98 Å². The van der Waals surface area contributed by atoms with Crippen LogP contribution in [0.3, 0.4) is 0 Å². The molecule has 0 amide bonds. The highest BCUT2D eigenvalue weighted by atomic mass is 15.1. The van der Waals surface area contributed by atoms with E-state index >= 15 is 0 Å². The second-order valence-electron chi connectivity index (χ2n) is 9.21. The molecule has 172 valence electrons. The largest absolute Gasteiger partial charge is 0.361 e. The summed E-state index contributed by atoms with van der Waals surface area (Å²) in [5.74, 6) is 1.63. The minimum atomic E-state index is 0.464. The SMILES string of the molecule is c1ccc(CNCCN2CCC(c3nc(-c4ccc5cc[nH]c5c4)c4cnccn34)CC2)cc1. The van der Waals surface area contributed by atoms with E-state index in [1.165, 1.54) is 16.8 Å². The fourth-order valence-electron chi connectivity index (χ4n) is 5.14. The number of hydrogen-bond acceptors (Lipinski definition) is 4. The highest BCUT2D eigenvalue weighted by molar-refractivity contribution is 5.87. The number of aromatic amines is 1. The van der Waals surface area contributed by atoms with E-state index in [0.717, 1.165) is 67.9 Å². The van der Waals surface area contributed by atoms with Crippen molar-refractivity contribution < 1.29 is 0 Å². The summed E-state index contributed by atoms with van der Waals surface area (Å²) in [6.07, 6.45) is 10.1. The molecule has 1 saturated heterocycles. The van der Waals surface area contributed by atoms with E-state index in [0.29, 0.717) is 5.92 Å². The van der Waals surface area contributed by atoms with Crippen LogP contribution in [-0.4, -0.2) is 50.4 Å². The van der Waals surface area contributed by atoms with Gasteiger partial charge in [-0.05, 0) is 49.0 Å². The van der Waals surface area contributed by atoms with Crippen LogP contribution < -0.4 is 5.32 Å². The van der Waals surface area contributed by atoms with Gasteiger partial charge in [-0.2, -0.15) is 0 Å². The number of H-pyrrole nitrogens is 1. The van der Waals surface area contributed by atoms with Gasteiger partial charge in [0.25, 0.3) is 0 Å². The lowest BCUT2D eigenvalue weighted by Crippen LogP contribution is -2.38. The maximum absolute atomic E-state index is 5.19. The van der Waals surface area contributed by atoms with Crippen molar-refractivity contribution in [3.05, 3.63) is 90.8 Å². The Morgan fingerprint density at radius 1 is 1.03 bits per heavy atom. The topological polar surface area (TPSA) is 61.2 Å². The summed E-state index contributed by atoms with van der Waals surface area (Å²) in [5, 5.41) is 4.80. The predicted molar refractivity (Wildman–Crippen MR) is 137 cm³/mol. The third-order valence-electron chi connectivity index (χ3n) is 7.03. The lowest BCUT2D eigenvalue weighted by atomic mass is 9.96. The van der Waals surface area contributed by atoms with Gasteiger partial charge in [-0.25, -0.2) is 4.98 Å². The molecule has 1 aliphatic rings. The van der Waals surface area contributed by atoms with Gasteiger partial charge < -0.3 is 15.2 Å². The van der Waals surface area contributed by atoms with Crippen molar-refractivity contribution in [2.45, 2.75) is 25.3 Å². The molecule has 0 radical (unpaired) electrons. The quantitative estimate of drug-likeness (QED) is 0.348. The average molecular weight is 451 g/mol. The van der Waals surface area contributed by atoms with Crippen molar-refractivity contribution in [1.82, 2.24) is 29.6 Å². The number of nitrogens with one attached hydrogen (secondary N) is 2. The summed E-state index contributed by atoms with van der Waals surface area (Å²) in [4.78, 5) is 15.5. The van der Waals surface area contributed by atoms with Crippen molar-refractivity contribution in [2.24, 2.45) is 0 Å². The Kier molecular flexibility index (Phi) is 5.83. The summed E-state index contributed by atoms with van der Waals surface area (Å²) in [5.41, 5.74) is 5.71. The summed E-state index contributed by atoms with van der Waals surface area (Å²) < 4.78 is 2.25. The van der Waals surface area contributed by atoms with Gasteiger partial charge >= 0.3 is 0 Å². The van der Waals surface area contributed by atoms with Crippen LogP contribution in [0.15, 0.2) is 79.4 Å². The summed E-state index contributed by atoms with van der Waals surface area (Å²) in [7, 11) is 0. The second-order valence-corrected chi connectivity index (χ2v) is 9.21. The normalized spacial score (nSPS) is 15.4. The Labute approximate surface area is 199 Å². The average Bonchev–Trinajstić information content (AvgIpc) is 3.52. The molecule has 6 rings (SSSR count). The summed E-state index contributed by atoms with van der Waals surface area (Å²) in [6.45, 7) is 5.27. The van der Waals surface area contributed by atoms with Gasteiger partial charge in [0.05, 0.1) is 17.4 Å². The molecule has 2 aromatic carbocycles. The Morgan fingerprint density at radius 3 is 2.79 bits per heavy atom. The minimum absolute atomic E-state index is 0.464. The second kappa shape index (κ2) is 9.41. The molecule has 2 N–H and O–H groups in total. The van der Waals surface area contributed by atoms with E-state index in [2.05, 4.69) is 85.4 Å². The van der Waals surface area contributed by atoms with E-state index in [9.17, 15) is 0 Å². The number of aromatic nitrogens is 4. The van der Waals surface area contributed by atoms with Gasteiger partial charge in [-0.3, -0.25) is 9.38 Å². The highest BCUT2D eigenvalue weighted by Crippen LogP contribution is 2.33. The van der Waals surface area contributed by atoms with Crippen LogP contribution in [0.25, 0.3) is 27.7 Å². The Hall–Kier alpha value is -3.48. The number of nitrogens with zero attached hydrogens (tertiary/aromatic N) is 4. The van der Waals surface area contributed by atoms with Crippen LogP contribution in [0.2, 0.25) is 0 Å². The van der Waals surface area contributed by atoms with Gasteiger partial charge in [0, 0.05) is 55.2 Å². The first-order valence-electron chi connectivity index (χ1n) is 12.2. The zero-order valence-corrected chi connectivity index (χ0v) is 19.3. The van der Waals surface area contributed by atoms with Crippen LogP contribution in [-0.2, 0) is 6.54 Å². The fourth-order valence-corrected chi connectivity index (χ4v) is 5.14. The number of likely N-dealkylation sites (tertiary alicyclic amines) is 1. The molecule has 0 unspecified atom stereocenters. The smallest absolute Gasteiger partial charge is 0.117 e. The third kappa shape index (κ3) is 4.22. The molecular weight excluding hydrogens is 420 g/mol. The molecular formula is C28H30N6. The molecule has 0 atom stereocenters. The predicted octanol–water partition coefficient (Wildman–Crippen LogP) is 4.85. The Morgan fingerprint density at radius 2 is 1.91 bits per heavy atom. The molecule has 6 nitrogen and oxygen atoms in total. The monoisotopic (exact) mass is 450 g/mol. The number of imidazole rings is 1. The molecule has 1 aliphatic heterocycles. The van der Waals surface area contributed by atoms with Crippen molar-refractivity contribution >= 4 is 16.4 Å². The van der Waals surface area contributed by atoms with Crippen LogP contribution in [0.1, 0.15) is 30.1 Å². The standard InChI is InChI=1S/C28H30N6/c1-2-4-21(5-3-1)19-29-12-16-33-14-9-23(10-15-33)28-32-27(26-20-30-13-17-34(26)28)24-7-6-22-8-11-31-25(22)18-24/h1-8,11,13,17-18,20,23,29,31H,9-10,12,14-16,19H2. The maximum atomic E-state index is 5.19. The third-order valence-corrected chi connectivity index (χ3v) is 7.03. The van der Waals surface area contributed by atoms with Gasteiger partial charge in [0.2, 0.25) is 0 Å². The Bertz CT molecular complexity index is 1380. The first kappa shape index (κ1) is 21.1. The molecule has 5 aromatic rings. The van der Waals surface area contributed by atoms with Gasteiger partial charge in [0.15, 0.2) is 0 Å². The van der Waals surface area contributed by atoms with E-state index < -0.39 is 0 Å². The number of hydrogen-bond donors (Lipinski definition) is 2.